The first-order valence-corrected chi connectivity index (χ1v) is 9.37. The molecule has 0 aromatic heterocycles. The van der Waals surface area contributed by atoms with E-state index in [0.717, 1.165) is 31.8 Å². The van der Waals surface area contributed by atoms with E-state index >= 15 is 0 Å². The summed E-state index contributed by atoms with van der Waals surface area (Å²) in [5.41, 5.74) is -0.406. The summed E-state index contributed by atoms with van der Waals surface area (Å²) >= 11 is 0. The van der Waals surface area contributed by atoms with E-state index in [1.165, 1.54) is 38.9 Å². The zero-order valence-corrected chi connectivity index (χ0v) is 15.0. The van der Waals surface area contributed by atoms with Gasteiger partial charge in [0.1, 0.15) is 5.60 Å². The summed E-state index contributed by atoms with van der Waals surface area (Å²) in [4.78, 5) is 16.7. The summed E-state index contributed by atoms with van der Waals surface area (Å²) < 4.78 is 5.52. The van der Waals surface area contributed by atoms with Gasteiger partial charge >= 0.3 is 6.09 Å². The van der Waals surface area contributed by atoms with Crippen LogP contribution in [0.25, 0.3) is 0 Å². The third-order valence-electron chi connectivity index (χ3n) is 5.49. The molecule has 4 heterocycles. The zero-order chi connectivity index (χ0) is 16.4. The van der Waals surface area contributed by atoms with Crippen LogP contribution in [0.5, 0.6) is 0 Å². The van der Waals surface area contributed by atoms with E-state index < -0.39 is 5.60 Å². The lowest BCUT2D eigenvalue weighted by Crippen LogP contribution is -2.58. The van der Waals surface area contributed by atoms with E-state index in [4.69, 9.17) is 4.74 Å². The van der Waals surface area contributed by atoms with Crippen molar-refractivity contribution in [3.63, 3.8) is 0 Å². The Morgan fingerprint density at radius 2 is 1.78 bits per heavy atom. The second-order valence-corrected chi connectivity index (χ2v) is 8.51. The number of ether oxygens (including phenoxy) is 1. The molecule has 4 saturated heterocycles. The number of piperidine rings is 3. The molecule has 2 atom stereocenters. The average Bonchev–Trinajstić information content (AvgIpc) is 2.72. The van der Waals surface area contributed by atoms with Crippen molar-refractivity contribution in [2.24, 2.45) is 5.92 Å². The number of carbonyl (C=O) groups excluding carboxylic acids is 1. The number of nitrogens with zero attached hydrogens (tertiary/aromatic N) is 2. The number of hydrogen-bond acceptors (Lipinski definition) is 4. The van der Waals surface area contributed by atoms with Crippen LogP contribution in [0.3, 0.4) is 0 Å². The van der Waals surface area contributed by atoms with Gasteiger partial charge in [-0.05, 0) is 71.9 Å². The Morgan fingerprint density at radius 1 is 1.04 bits per heavy atom. The SMILES string of the molecule is CC(C)(C)OC(=O)N1CCCC(NC2CN3CCC2CC3)CC1. The number of likely N-dealkylation sites (tertiary alicyclic amines) is 1. The molecule has 5 nitrogen and oxygen atoms in total. The third-order valence-corrected chi connectivity index (χ3v) is 5.49. The van der Waals surface area contributed by atoms with Crippen LogP contribution in [-0.4, -0.2) is 66.3 Å². The maximum absolute atomic E-state index is 12.2. The molecule has 4 rings (SSSR count). The van der Waals surface area contributed by atoms with Crippen LogP contribution in [0.15, 0.2) is 0 Å². The fraction of sp³-hybridized carbons (Fsp3) is 0.944. The smallest absolute Gasteiger partial charge is 0.410 e. The molecule has 2 bridgehead atoms. The third kappa shape index (κ3) is 4.60. The molecule has 132 valence electrons. The highest BCUT2D eigenvalue weighted by Gasteiger charge is 2.35. The lowest BCUT2D eigenvalue weighted by atomic mass is 9.83. The van der Waals surface area contributed by atoms with Crippen LogP contribution in [0.1, 0.15) is 52.9 Å². The molecule has 1 N–H and O–H groups in total. The monoisotopic (exact) mass is 323 g/mol. The van der Waals surface area contributed by atoms with Gasteiger partial charge in [-0.15, -0.1) is 0 Å². The van der Waals surface area contributed by atoms with E-state index in [0.29, 0.717) is 12.1 Å². The molecule has 0 aromatic carbocycles. The molecular formula is C18H33N3O2. The summed E-state index contributed by atoms with van der Waals surface area (Å²) in [5.74, 6) is 0.866. The Labute approximate surface area is 140 Å². The van der Waals surface area contributed by atoms with Crippen LogP contribution >= 0.6 is 0 Å². The van der Waals surface area contributed by atoms with E-state index in [9.17, 15) is 4.79 Å². The standard InChI is InChI=1S/C18H33N3O2/c1-18(2,3)23-17(22)21-9-4-5-15(8-12-21)19-16-13-20-10-6-14(16)7-11-20/h14-16,19H,4-13H2,1-3H3. The Kier molecular flexibility index (Phi) is 5.16. The van der Waals surface area contributed by atoms with Gasteiger partial charge in [0.2, 0.25) is 0 Å². The first-order chi connectivity index (χ1) is 10.9. The highest BCUT2D eigenvalue weighted by Crippen LogP contribution is 2.28. The average molecular weight is 323 g/mol. The number of hydrogen-bond donors (Lipinski definition) is 1. The molecule has 0 aliphatic carbocycles. The Bertz CT molecular complexity index is 413. The van der Waals surface area contributed by atoms with Gasteiger partial charge in [-0.1, -0.05) is 0 Å². The fourth-order valence-corrected chi connectivity index (χ4v) is 4.23. The van der Waals surface area contributed by atoms with E-state index in [2.05, 4.69) is 10.2 Å². The molecule has 0 aromatic rings. The van der Waals surface area contributed by atoms with Crippen LogP contribution < -0.4 is 5.32 Å². The first-order valence-electron chi connectivity index (χ1n) is 9.37. The molecule has 5 heteroatoms. The molecule has 0 radical (unpaired) electrons. The van der Waals surface area contributed by atoms with Crippen molar-refractivity contribution in [1.29, 1.82) is 0 Å². The highest BCUT2D eigenvalue weighted by molar-refractivity contribution is 5.68. The summed E-state index contributed by atoms with van der Waals surface area (Å²) in [6.45, 7) is 11.2. The topological polar surface area (TPSA) is 44.8 Å². The van der Waals surface area contributed by atoms with E-state index in [1.54, 1.807) is 0 Å². The largest absolute Gasteiger partial charge is 0.444 e. The summed E-state index contributed by atoms with van der Waals surface area (Å²) in [6.07, 6.45) is 5.84. The van der Waals surface area contributed by atoms with Gasteiger partial charge in [0, 0.05) is 31.7 Å². The maximum atomic E-state index is 12.2. The van der Waals surface area contributed by atoms with Crippen molar-refractivity contribution in [1.82, 2.24) is 15.1 Å². The lowest BCUT2D eigenvalue weighted by molar-refractivity contribution is 0.0254. The Balaban J connectivity index is 1.48. The predicted molar refractivity (Wildman–Crippen MR) is 91.5 cm³/mol. The van der Waals surface area contributed by atoms with E-state index in [1.807, 2.05) is 25.7 Å². The second kappa shape index (κ2) is 6.98. The minimum atomic E-state index is -0.406. The maximum Gasteiger partial charge on any atom is 0.410 e. The first kappa shape index (κ1) is 17.0. The van der Waals surface area contributed by atoms with Crippen molar-refractivity contribution in [3.8, 4) is 0 Å². The van der Waals surface area contributed by atoms with Gasteiger partial charge in [-0.3, -0.25) is 0 Å². The Hall–Kier alpha value is -0.810. The van der Waals surface area contributed by atoms with Crippen molar-refractivity contribution < 1.29 is 9.53 Å². The minimum Gasteiger partial charge on any atom is -0.444 e. The van der Waals surface area contributed by atoms with Crippen molar-refractivity contribution in [3.05, 3.63) is 0 Å². The number of carbonyl (C=O) groups is 1. The van der Waals surface area contributed by atoms with Gasteiger partial charge in [-0.25, -0.2) is 4.79 Å². The molecule has 0 saturated carbocycles. The number of amides is 1. The quantitative estimate of drug-likeness (QED) is 0.848. The molecule has 4 fully saturated rings. The Morgan fingerprint density at radius 3 is 2.39 bits per heavy atom. The number of fused-ring (bicyclic) bond motifs is 3. The summed E-state index contributed by atoms with van der Waals surface area (Å²) in [6, 6.07) is 1.21. The van der Waals surface area contributed by atoms with Gasteiger partial charge in [0.25, 0.3) is 0 Å². The molecule has 2 unspecified atom stereocenters. The van der Waals surface area contributed by atoms with Crippen LogP contribution in [-0.2, 0) is 4.74 Å². The van der Waals surface area contributed by atoms with Crippen LogP contribution in [0.4, 0.5) is 4.79 Å². The van der Waals surface area contributed by atoms with Crippen LogP contribution in [0, 0.1) is 5.92 Å². The second-order valence-electron chi connectivity index (χ2n) is 8.51. The normalized spacial score (nSPS) is 35.0. The van der Waals surface area contributed by atoms with Crippen LogP contribution in [0.2, 0.25) is 0 Å². The number of rotatable bonds is 2. The van der Waals surface area contributed by atoms with Gasteiger partial charge in [0.15, 0.2) is 0 Å². The van der Waals surface area contributed by atoms with Crippen molar-refractivity contribution in [2.45, 2.75) is 70.6 Å². The van der Waals surface area contributed by atoms with Gasteiger partial charge < -0.3 is 19.9 Å². The molecule has 4 aliphatic rings. The summed E-state index contributed by atoms with van der Waals surface area (Å²) in [7, 11) is 0. The van der Waals surface area contributed by atoms with Crippen molar-refractivity contribution >= 4 is 6.09 Å². The highest BCUT2D eigenvalue weighted by atomic mass is 16.6. The van der Waals surface area contributed by atoms with Gasteiger partial charge in [-0.2, -0.15) is 0 Å². The fourth-order valence-electron chi connectivity index (χ4n) is 4.23. The molecular weight excluding hydrogens is 290 g/mol. The zero-order valence-electron chi connectivity index (χ0n) is 15.0. The molecule has 0 spiro atoms. The molecule has 1 amide bonds. The number of nitrogens with one attached hydrogen (secondary N) is 1. The van der Waals surface area contributed by atoms with Gasteiger partial charge in [0.05, 0.1) is 0 Å². The van der Waals surface area contributed by atoms with Crippen molar-refractivity contribution in [2.75, 3.05) is 32.7 Å². The molecule has 23 heavy (non-hydrogen) atoms. The predicted octanol–water partition coefficient (Wildman–Crippen LogP) is 2.46. The van der Waals surface area contributed by atoms with E-state index in [-0.39, 0.29) is 6.09 Å². The molecule has 4 aliphatic heterocycles. The minimum absolute atomic E-state index is 0.152. The summed E-state index contributed by atoms with van der Waals surface area (Å²) in [5, 5.41) is 3.92. The lowest BCUT2D eigenvalue weighted by Gasteiger charge is -2.46.